The van der Waals surface area contributed by atoms with Gasteiger partial charge in [0.15, 0.2) is 5.79 Å². The SMILES string of the molecule is Cc1ccc(S(=O)(=O)NC(=O)[C@@H](/C=C\[C@H](C)[C@H](O)[C@H]2COC(C)(C)O2)O[Si](C(C)C)(C(C)C)C(C)C)cc1. The Morgan fingerprint density at radius 1 is 1.05 bits per heavy atom. The largest absolute Gasteiger partial charge is 0.401 e. The number of benzene rings is 1. The molecule has 0 aromatic heterocycles. The molecule has 1 aliphatic rings. The average molecular weight is 570 g/mol. The predicted octanol–water partition coefficient (Wildman–Crippen LogP) is 5.07. The first kappa shape index (κ1) is 32.6. The lowest BCUT2D eigenvalue weighted by Crippen LogP contribution is -2.53. The van der Waals surface area contributed by atoms with Gasteiger partial charge in [0.1, 0.15) is 12.2 Å². The Morgan fingerprint density at radius 2 is 1.58 bits per heavy atom. The van der Waals surface area contributed by atoms with Crippen molar-refractivity contribution >= 4 is 24.2 Å². The van der Waals surface area contributed by atoms with Gasteiger partial charge in [0.05, 0.1) is 17.6 Å². The van der Waals surface area contributed by atoms with Gasteiger partial charge in [-0.1, -0.05) is 78.3 Å². The van der Waals surface area contributed by atoms with E-state index in [0.29, 0.717) is 0 Å². The Labute approximate surface area is 230 Å². The van der Waals surface area contributed by atoms with E-state index in [1.807, 2.05) is 13.8 Å². The fourth-order valence-electron chi connectivity index (χ4n) is 5.39. The molecule has 10 heteroatoms. The molecule has 8 nitrogen and oxygen atoms in total. The highest BCUT2D eigenvalue weighted by Gasteiger charge is 2.47. The fourth-order valence-corrected chi connectivity index (χ4v) is 11.8. The fraction of sp³-hybridized carbons (Fsp3) is 0.679. The number of aliphatic hydroxyl groups excluding tert-OH is 1. The van der Waals surface area contributed by atoms with E-state index in [0.717, 1.165) is 5.56 Å². The second-order valence-electron chi connectivity index (χ2n) is 11.7. The molecule has 1 saturated heterocycles. The predicted molar refractivity (Wildman–Crippen MR) is 152 cm³/mol. The van der Waals surface area contributed by atoms with Crippen molar-refractivity contribution in [2.24, 2.45) is 5.92 Å². The van der Waals surface area contributed by atoms with Gasteiger partial charge in [0, 0.05) is 5.92 Å². The molecule has 1 aromatic rings. The molecule has 4 atom stereocenters. The molecule has 216 valence electrons. The van der Waals surface area contributed by atoms with E-state index in [1.165, 1.54) is 12.1 Å². The van der Waals surface area contributed by atoms with Crippen molar-refractivity contribution in [2.45, 2.75) is 115 Å². The molecule has 2 N–H and O–H groups in total. The molecular weight excluding hydrogens is 522 g/mol. The van der Waals surface area contributed by atoms with Crippen molar-refractivity contribution in [1.82, 2.24) is 4.72 Å². The topological polar surface area (TPSA) is 111 Å². The average Bonchev–Trinajstić information content (AvgIpc) is 3.17. The number of nitrogens with one attached hydrogen (secondary N) is 1. The van der Waals surface area contributed by atoms with Gasteiger partial charge in [-0.2, -0.15) is 0 Å². The number of carbonyl (C=O) groups excluding carboxylic acids is 1. The van der Waals surface area contributed by atoms with Crippen LogP contribution >= 0.6 is 0 Å². The van der Waals surface area contributed by atoms with Crippen LogP contribution in [0.4, 0.5) is 0 Å². The smallest absolute Gasteiger partial charge is 0.265 e. The third-order valence-electron chi connectivity index (χ3n) is 7.40. The van der Waals surface area contributed by atoms with Gasteiger partial charge in [0.2, 0.25) is 8.32 Å². The van der Waals surface area contributed by atoms with E-state index in [-0.39, 0.29) is 28.1 Å². The minimum absolute atomic E-state index is 0.00375. The Morgan fingerprint density at radius 3 is 2.03 bits per heavy atom. The van der Waals surface area contributed by atoms with Crippen molar-refractivity contribution in [3.63, 3.8) is 0 Å². The molecule has 1 fully saturated rings. The summed E-state index contributed by atoms with van der Waals surface area (Å²) in [7, 11) is -6.68. The second kappa shape index (κ2) is 12.7. The Hall–Kier alpha value is -1.56. The van der Waals surface area contributed by atoms with Crippen LogP contribution in [0, 0.1) is 12.8 Å². The minimum atomic E-state index is -4.10. The van der Waals surface area contributed by atoms with Crippen LogP contribution in [0.3, 0.4) is 0 Å². The molecule has 1 heterocycles. The van der Waals surface area contributed by atoms with Gasteiger partial charge in [-0.25, -0.2) is 13.1 Å². The summed E-state index contributed by atoms with van der Waals surface area (Å²) in [6, 6.07) is 6.30. The van der Waals surface area contributed by atoms with Crippen LogP contribution in [0.1, 0.15) is 67.9 Å². The summed E-state index contributed by atoms with van der Waals surface area (Å²) in [6.07, 6.45) is 0.720. The van der Waals surface area contributed by atoms with Gasteiger partial charge < -0.3 is 19.0 Å². The number of amides is 1. The van der Waals surface area contributed by atoms with Gasteiger partial charge in [-0.15, -0.1) is 0 Å². The summed E-state index contributed by atoms with van der Waals surface area (Å²) in [4.78, 5) is 13.5. The molecule has 0 aliphatic carbocycles. The highest BCUT2D eigenvalue weighted by atomic mass is 32.2. The highest BCUT2D eigenvalue weighted by Crippen LogP contribution is 2.43. The number of carbonyl (C=O) groups is 1. The summed E-state index contributed by atoms with van der Waals surface area (Å²) in [5.41, 5.74) is 1.44. The van der Waals surface area contributed by atoms with Crippen molar-refractivity contribution < 1.29 is 32.2 Å². The number of rotatable bonds is 12. The molecule has 1 amide bonds. The summed E-state index contributed by atoms with van der Waals surface area (Å²) in [6.45, 7) is 20.1. The highest BCUT2D eigenvalue weighted by molar-refractivity contribution is 7.90. The minimum Gasteiger partial charge on any atom is -0.401 e. The number of hydrogen-bond acceptors (Lipinski definition) is 7. The summed E-state index contributed by atoms with van der Waals surface area (Å²) >= 11 is 0. The van der Waals surface area contributed by atoms with Crippen LogP contribution in [-0.2, 0) is 28.7 Å². The van der Waals surface area contributed by atoms with Crippen LogP contribution in [0.5, 0.6) is 0 Å². The van der Waals surface area contributed by atoms with Crippen LogP contribution in [0.15, 0.2) is 41.3 Å². The molecule has 2 rings (SSSR count). The van der Waals surface area contributed by atoms with Crippen LogP contribution in [0.2, 0.25) is 16.6 Å². The molecule has 0 spiro atoms. The lowest BCUT2D eigenvalue weighted by Gasteiger charge is -2.43. The standard InChI is InChI=1S/C28H47NO7SSi/c1-18(2)38(19(3)4,20(5)6)36-24(16-13-22(8)26(30)25-17-34-28(9,10)35-25)27(31)29-37(32,33)23-14-11-21(7)12-15-23/h11-16,18-20,22,24-26,30H,17H2,1-10H3,(H,29,31)/b16-13-/t22-,24+,25+,26-/m0/s1. The molecule has 0 unspecified atom stereocenters. The third kappa shape index (κ3) is 7.76. The monoisotopic (exact) mass is 569 g/mol. The molecule has 1 aromatic carbocycles. The van der Waals surface area contributed by atoms with E-state index >= 15 is 0 Å². The number of sulfonamides is 1. The number of aliphatic hydroxyl groups is 1. The first-order valence-electron chi connectivity index (χ1n) is 13.4. The van der Waals surface area contributed by atoms with Gasteiger partial charge >= 0.3 is 0 Å². The maximum atomic E-state index is 13.5. The van der Waals surface area contributed by atoms with Crippen LogP contribution in [0.25, 0.3) is 0 Å². The Balaban J connectivity index is 2.39. The first-order valence-corrected chi connectivity index (χ1v) is 17.0. The van der Waals surface area contributed by atoms with Crippen LogP contribution in [-0.4, -0.2) is 58.5 Å². The Bertz CT molecular complexity index is 1050. The van der Waals surface area contributed by atoms with E-state index in [9.17, 15) is 18.3 Å². The number of aryl methyl sites for hydroxylation is 1. The van der Waals surface area contributed by atoms with E-state index in [1.54, 1.807) is 38.1 Å². The van der Waals surface area contributed by atoms with E-state index < -0.39 is 54.3 Å². The molecule has 0 saturated carbocycles. The number of hydrogen-bond donors (Lipinski definition) is 2. The van der Waals surface area contributed by atoms with E-state index in [2.05, 4.69) is 46.3 Å². The van der Waals surface area contributed by atoms with Crippen molar-refractivity contribution in [2.75, 3.05) is 6.61 Å². The van der Waals surface area contributed by atoms with Crippen molar-refractivity contribution in [1.29, 1.82) is 0 Å². The van der Waals surface area contributed by atoms with Gasteiger partial charge in [0.25, 0.3) is 15.9 Å². The molecule has 38 heavy (non-hydrogen) atoms. The molecule has 1 aliphatic heterocycles. The van der Waals surface area contributed by atoms with E-state index in [4.69, 9.17) is 13.9 Å². The second-order valence-corrected chi connectivity index (χ2v) is 18.8. The Kier molecular flexibility index (Phi) is 10.9. The maximum Gasteiger partial charge on any atom is 0.265 e. The van der Waals surface area contributed by atoms with Gasteiger partial charge in [-0.05, 0) is 49.5 Å². The first-order chi connectivity index (χ1) is 17.4. The van der Waals surface area contributed by atoms with Crippen molar-refractivity contribution in [3.05, 3.63) is 42.0 Å². The zero-order chi connectivity index (χ0) is 29.1. The normalized spacial score (nSPS) is 20.8. The van der Waals surface area contributed by atoms with Crippen molar-refractivity contribution in [3.8, 4) is 0 Å². The molecule has 0 bridgehead atoms. The summed E-state index contributed by atoms with van der Waals surface area (Å²) < 4.78 is 46.4. The summed E-state index contributed by atoms with van der Waals surface area (Å²) in [5, 5.41) is 10.9. The molecular formula is C28H47NO7SSi. The third-order valence-corrected chi connectivity index (χ3v) is 14.8. The zero-order valence-electron chi connectivity index (χ0n) is 24.5. The maximum absolute atomic E-state index is 13.5. The zero-order valence-corrected chi connectivity index (χ0v) is 26.3. The lowest BCUT2D eigenvalue weighted by molar-refractivity contribution is -0.153. The lowest BCUT2D eigenvalue weighted by atomic mass is 9.99. The number of ether oxygens (including phenoxy) is 2. The van der Waals surface area contributed by atoms with Gasteiger partial charge in [-0.3, -0.25) is 4.79 Å². The quantitative estimate of drug-likeness (QED) is 0.267. The molecule has 0 radical (unpaired) electrons. The van der Waals surface area contributed by atoms with Crippen LogP contribution < -0.4 is 4.72 Å². The summed E-state index contributed by atoms with van der Waals surface area (Å²) in [5.74, 6) is -1.94.